The van der Waals surface area contributed by atoms with Gasteiger partial charge in [-0.15, -0.1) is 0 Å². The van der Waals surface area contributed by atoms with Crippen LogP contribution in [-0.2, 0) is 6.54 Å². The Balaban J connectivity index is 2.21. The van der Waals surface area contributed by atoms with Crippen LogP contribution in [-0.4, -0.2) is 16.9 Å². The van der Waals surface area contributed by atoms with Gasteiger partial charge in [0.15, 0.2) is 11.6 Å². The molecule has 1 atom stereocenters. The highest BCUT2D eigenvalue weighted by Crippen LogP contribution is 2.22. The number of halogens is 1. The molecular weight excluding hydrogens is 257 g/mol. The zero-order chi connectivity index (χ0) is 14.9. The van der Waals surface area contributed by atoms with Crippen LogP contribution in [0.25, 0.3) is 0 Å². The van der Waals surface area contributed by atoms with E-state index >= 15 is 0 Å². The highest BCUT2D eigenvalue weighted by molar-refractivity contribution is 5.31. The van der Waals surface area contributed by atoms with E-state index in [1.807, 2.05) is 25.5 Å². The van der Waals surface area contributed by atoms with Crippen molar-refractivity contribution in [2.45, 2.75) is 33.4 Å². The second kappa shape index (κ2) is 5.63. The summed E-state index contributed by atoms with van der Waals surface area (Å²) >= 11 is 0. The minimum atomic E-state index is -0.398. The molecular formula is C15H20FN3O. The Labute approximate surface area is 118 Å². The summed E-state index contributed by atoms with van der Waals surface area (Å²) in [6.07, 6.45) is 0. The predicted octanol–water partition coefficient (Wildman–Crippen LogP) is 2.66. The fourth-order valence-electron chi connectivity index (χ4n) is 2.17. The number of methoxy groups -OCH3 is 1. The van der Waals surface area contributed by atoms with E-state index in [1.54, 1.807) is 12.1 Å². The van der Waals surface area contributed by atoms with Crippen molar-refractivity contribution in [1.82, 2.24) is 9.78 Å². The van der Waals surface area contributed by atoms with E-state index < -0.39 is 5.82 Å². The number of hydrogen-bond acceptors (Lipinski definition) is 3. The summed E-state index contributed by atoms with van der Waals surface area (Å²) in [5.41, 5.74) is 10.1. The molecule has 0 bridgehead atoms. The molecule has 1 unspecified atom stereocenters. The van der Waals surface area contributed by atoms with Gasteiger partial charge in [-0.1, -0.05) is 6.07 Å². The molecule has 2 rings (SSSR count). The summed E-state index contributed by atoms with van der Waals surface area (Å²) in [4.78, 5) is 0. The van der Waals surface area contributed by atoms with E-state index in [9.17, 15) is 4.39 Å². The van der Waals surface area contributed by atoms with E-state index in [0.29, 0.717) is 6.54 Å². The van der Waals surface area contributed by atoms with Gasteiger partial charge in [0, 0.05) is 11.7 Å². The summed E-state index contributed by atoms with van der Waals surface area (Å²) < 4.78 is 20.5. The van der Waals surface area contributed by atoms with Crippen molar-refractivity contribution >= 4 is 0 Å². The normalized spacial score (nSPS) is 12.5. The third-order valence-corrected chi connectivity index (χ3v) is 3.72. The van der Waals surface area contributed by atoms with Gasteiger partial charge < -0.3 is 10.5 Å². The monoisotopic (exact) mass is 277 g/mol. The fourth-order valence-corrected chi connectivity index (χ4v) is 2.17. The van der Waals surface area contributed by atoms with Crippen molar-refractivity contribution in [3.05, 3.63) is 46.5 Å². The third kappa shape index (κ3) is 2.67. The van der Waals surface area contributed by atoms with Gasteiger partial charge in [0.25, 0.3) is 0 Å². The van der Waals surface area contributed by atoms with Crippen LogP contribution in [0.3, 0.4) is 0 Å². The number of ether oxygens (including phenoxy) is 1. The number of hydrogen-bond donors (Lipinski definition) is 1. The van der Waals surface area contributed by atoms with E-state index in [1.165, 1.54) is 13.2 Å². The Morgan fingerprint density at radius 1 is 1.35 bits per heavy atom. The number of aromatic nitrogens is 2. The summed E-state index contributed by atoms with van der Waals surface area (Å²) in [7, 11) is 1.44. The Morgan fingerprint density at radius 3 is 2.55 bits per heavy atom. The molecule has 20 heavy (non-hydrogen) atoms. The summed E-state index contributed by atoms with van der Waals surface area (Å²) in [5.74, 6) is -0.173. The highest BCUT2D eigenvalue weighted by Gasteiger charge is 2.14. The number of nitrogens with zero attached hydrogens (tertiary/aromatic N) is 2. The first-order valence-electron chi connectivity index (χ1n) is 6.53. The molecule has 0 aliphatic heterocycles. The average molecular weight is 277 g/mol. The van der Waals surface area contributed by atoms with Crippen molar-refractivity contribution in [1.29, 1.82) is 0 Å². The molecule has 0 aliphatic rings. The van der Waals surface area contributed by atoms with Crippen molar-refractivity contribution in [2.75, 3.05) is 7.11 Å². The van der Waals surface area contributed by atoms with Gasteiger partial charge in [-0.3, -0.25) is 4.68 Å². The quantitative estimate of drug-likeness (QED) is 0.934. The first-order valence-corrected chi connectivity index (χ1v) is 6.53. The van der Waals surface area contributed by atoms with Crippen molar-refractivity contribution in [3.8, 4) is 5.75 Å². The highest BCUT2D eigenvalue weighted by atomic mass is 19.1. The Kier molecular flexibility index (Phi) is 4.09. The van der Waals surface area contributed by atoms with Crippen LogP contribution in [0.5, 0.6) is 5.75 Å². The van der Waals surface area contributed by atoms with Crippen LogP contribution < -0.4 is 10.5 Å². The van der Waals surface area contributed by atoms with Crippen LogP contribution in [0.15, 0.2) is 18.2 Å². The molecule has 0 saturated carbocycles. The van der Waals surface area contributed by atoms with E-state index in [2.05, 4.69) is 5.10 Å². The van der Waals surface area contributed by atoms with Crippen molar-refractivity contribution < 1.29 is 9.13 Å². The molecule has 1 aromatic carbocycles. The second-order valence-electron chi connectivity index (χ2n) is 4.98. The molecule has 0 fully saturated rings. The molecule has 0 saturated heterocycles. The molecule has 0 radical (unpaired) electrons. The molecule has 0 amide bonds. The van der Waals surface area contributed by atoms with Gasteiger partial charge in [-0.2, -0.15) is 5.10 Å². The first-order chi connectivity index (χ1) is 9.43. The van der Waals surface area contributed by atoms with Crippen LogP contribution in [0.1, 0.15) is 28.6 Å². The minimum absolute atomic E-state index is 0.225. The first kappa shape index (κ1) is 14.5. The molecule has 2 N–H and O–H groups in total. The van der Waals surface area contributed by atoms with E-state index in [4.69, 9.17) is 10.5 Å². The molecule has 0 aliphatic carbocycles. The van der Waals surface area contributed by atoms with Crippen LogP contribution in [0, 0.1) is 26.6 Å². The summed E-state index contributed by atoms with van der Waals surface area (Å²) in [6, 6.07) is 4.48. The molecule has 5 heteroatoms. The van der Waals surface area contributed by atoms with Gasteiger partial charge in [0.05, 0.1) is 19.3 Å². The molecule has 1 heterocycles. The molecule has 2 aromatic rings. The van der Waals surface area contributed by atoms with E-state index in [-0.39, 0.29) is 11.8 Å². The Morgan fingerprint density at radius 2 is 2.05 bits per heavy atom. The largest absolute Gasteiger partial charge is 0.494 e. The lowest BCUT2D eigenvalue weighted by atomic mass is 10.1. The smallest absolute Gasteiger partial charge is 0.165 e. The number of benzene rings is 1. The maximum atomic E-state index is 13.7. The zero-order valence-electron chi connectivity index (χ0n) is 12.3. The minimum Gasteiger partial charge on any atom is -0.494 e. The SMILES string of the molecule is COc1ccc(C(N)Cn2nc(C)c(C)c2C)cc1F. The topological polar surface area (TPSA) is 53.1 Å². The lowest BCUT2D eigenvalue weighted by molar-refractivity contribution is 0.385. The summed E-state index contributed by atoms with van der Waals surface area (Å²) in [5, 5.41) is 4.45. The number of rotatable bonds is 4. The molecule has 1 aromatic heterocycles. The maximum absolute atomic E-state index is 13.7. The second-order valence-corrected chi connectivity index (χ2v) is 4.98. The lowest BCUT2D eigenvalue weighted by Gasteiger charge is -2.14. The van der Waals surface area contributed by atoms with E-state index in [0.717, 1.165) is 22.5 Å². The Bertz CT molecular complexity index is 622. The van der Waals surface area contributed by atoms with Crippen molar-refractivity contribution in [2.24, 2.45) is 5.73 Å². The van der Waals surface area contributed by atoms with Gasteiger partial charge in [-0.05, 0) is 44.0 Å². The zero-order valence-corrected chi connectivity index (χ0v) is 12.3. The van der Waals surface area contributed by atoms with Crippen LogP contribution >= 0.6 is 0 Å². The van der Waals surface area contributed by atoms with Gasteiger partial charge in [0.2, 0.25) is 0 Å². The summed E-state index contributed by atoms with van der Waals surface area (Å²) in [6.45, 7) is 6.53. The predicted molar refractivity (Wildman–Crippen MR) is 76.3 cm³/mol. The number of aryl methyl sites for hydroxylation is 1. The molecule has 0 spiro atoms. The molecule has 108 valence electrons. The van der Waals surface area contributed by atoms with Crippen molar-refractivity contribution in [3.63, 3.8) is 0 Å². The van der Waals surface area contributed by atoms with Gasteiger partial charge in [-0.25, -0.2) is 4.39 Å². The maximum Gasteiger partial charge on any atom is 0.165 e. The number of nitrogens with two attached hydrogens (primary N) is 1. The third-order valence-electron chi connectivity index (χ3n) is 3.72. The van der Waals surface area contributed by atoms with Crippen LogP contribution in [0.4, 0.5) is 4.39 Å². The standard InChI is InChI=1S/C15H20FN3O/c1-9-10(2)18-19(11(9)3)8-14(17)12-5-6-15(20-4)13(16)7-12/h5-7,14H,8,17H2,1-4H3. The van der Waals surface area contributed by atoms with Crippen LogP contribution in [0.2, 0.25) is 0 Å². The molecule has 4 nitrogen and oxygen atoms in total. The average Bonchev–Trinajstić information content (AvgIpc) is 2.66. The van der Waals surface area contributed by atoms with Gasteiger partial charge in [0.1, 0.15) is 0 Å². The Hall–Kier alpha value is -1.88. The lowest BCUT2D eigenvalue weighted by Crippen LogP contribution is -2.19. The van der Waals surface area contributed by atoms with Gasteiger partial charge >= 0.3 is 0 Å². The fraction of sp³-hybridized carbons (Fsp3) is 0.400.